The summed E-state index contributed by atoms with van der Waals surface area (Å²) in [6, 6.07) is 16.5. The molecule has 0 saturated heterocycles. The number of hydrogen-bond donors (Lipinski definition) is 1. The highest BCUT2D eigenvalue weighted by molar-refractivity contribution is 5.98. The SMILES string of the molecule is CCOC(=O)COc1ccc(NC(=O)C(C)(C)c2ccccc2)cc1. The van der Waals surface area contributed by atoms with Crippen LogP contribution in [0, 0.1) is 0 Å². The number of carbonyl (C=O) groups excluding carboxylic acids is 2. The minimum absolute atomic E-state index is 0.0982. The van der Waals surface area contributed by atoms with Gasteiger partial charge in [0.05, 0.1) is 12.0 Å². The molecule has 25 heavy (non-hydrogen) atoms. The molecular formula is C20H23NO4. The molecule has 0 aliphatic rings. The summed E-state index contributed by atoms with van der Waals surface area (Å²) >= 11 is 0. The van der Waals surface area contributed by atoms with Crippen molar-refractivity contribution < 1.29 is 19.1 Å². The molecule has 0 atom stereocenters. The quantitative estimate of drug-likeness (QED) is 0.782. The number of rotatable bonds is 7. The molecule has 0 saturated carbocycles. The van der Waals surface area contributed by atoms with Crippen LogP contribution in [-0.4, -0.2) is 25.1 Å². The minimum atomic E-state index is -0.652. The van der Waals surface area contributed by atoms with Gasteiger partial charge in [0.15, 0.2) is 6.61 Å². The highest BCUT2D eigenvalue weighted by Crippen LogP contribution is 2.25. The molecule has 5 heteroatoms. The molecule has 0 aromatic heterocycles. The summed E-state index contributed by atoms with van der Waals surface area (Å²) in [7, 11) is 0. The molecule has 2 aromatic rings. The van der Waals surface area contributed by atoms with Crippen molar-refractivity contribution in [3.63, 3.8) is 0 Å². The fourth-order valence-corrected chi connectivity index (χ4v) is 2.25. The lowest BCUT2D eigenvalue weighted by Gasteiger charge is -2.24. The van der Waals surface area contributed by atoms with E-state index in [9.17, 15) is 9.59 Å². The molecule has 2 aromatic carbocycles. The molecule has 0 aliphatic heterocycles. The van der Waals surface area contributed by atoms with Gasteiger partial charge < -0.3 is 14.8 Å². The van der Waals surface area contributed by atoms with E-state index in [4.69, 9.17) is 9.47 Å². The zero-order chi connectivity index (χ0) is 18.3. The first-order valence-electron chi connectivity index (χ1n) is 8.19. The van der Waals surface area contributed by atoms with Crippen molar-refractivity contribution in [2.75, 3.05) is 18.5 Å². The van der Waals surface area contributed by atoms with Crippen LogP contribution in [0.1, 0.15) is 26.3 Å². The van der Waals surface area contributed by atoms with Crippen molar-refractivity contribution in [3.05, 3.63) is 60.2 Å². The number of esters is 1. The number of ether oxygens (including phenoxy) is 2. The first-order chi connectivity index (χ1) is 11.9. The number of hydrogen-bond acceptors (Lipinski definition) is 4. The van der Waals surface area contributed by atoms with Crippen LogP contribution in [0.2, 0.25) is 0 Å². The Hall–Kier alpha value is -2.82. The molecule has 1 amide bonds. The smallest absolute Gasteiger partial charge is 0.344 e. The highest BCUT2D eigenvalue weighted by Gasteiger charge is 2.29. The fraction of sp³-hybridized carbons (Fsp3) is 0.300. The highest BCUT2D eigenvalue weighted by atomic mass is 16.6. The standard InChI is InChI=1S/C20H23NO4/c1-4-24-18(22)14-25-17-12-10-16(11-13-17)21-19(23)20(2,3)15-8-6-5-7-9-15/h5-13H,4,14H2,1-3H3,(H,21,23). The van der Waals surface area contributed by atoms with Gasteiger partial charge in [0.25, 0.3) is 0 Å². The van der Waals surface area contributed by atoms with Crippen molar-refractivity contribution in [2.45, 2.75) is 26.2 Å². The number of nitrogens with one attached hydrogen (secondary N) is 1. The Kier molecular flexibility index (Phi) is 6.17. The molecule has 2 rings (SSSR count). The third kappa shape index (κ3) is 5.08. The summed E-state index contributed by atoms with van der Waals surface area (Å²) in [5.74, 6) is 0.0248. The van der Waals surface area contributed by atoms with Crippen LogP contribution >= 0.6 is 0 Å². The van der Waals surface area contributed by atoms with E-state index in [2.05, 4.69) is 5.32 Å². The fourth-order valence-electron chi connectivity index (χ4n) is 2.25. The molecule has 0 unspecified atom stereocenters. The summed E-state index contributed by atoms with van der Waals surface area (Å²) in [5, 5.41) is 2.91. The Morgan fingerprint density at radius 1 is 1.00 bits per heavy atom. The Balaban J connectivity index is 1.96. The lowest BCUT2D eigenvalue weighted by molar-refractivity contribution is -0.145. The Morgan fingerprint density at radius 2 is 1.64 bits per heavy atom. The summed E-state index contributed by atoms with van der Waals surface area (Å²) in [6.45, 7) is 5.69. The van der Waals surface area contributed by atoms with E-state index in [0.717, 1.165) is 5.56 Å². The van der Waals surface area contributed by atoms with E-state index < -0.39 is 11.4 Å². The van der Waals surface area contributed by atoms with Crippen LogP contribution in [0.25, 0.3) is 0 Å². The van der Waals surface area contributed by atoms with E-state index in [-0.39, 0.29) is 12.5 Å². The van der Waals surface area contributed by atoms with Gasteiger partial charge in [-0.1, -0.05) is 30.3 Å². The average molecular weight is 341 g/mol. The largest absolute Gasteiger partial charge is 0.482 e. The van der Waals surface area contributed by atoms with Crippen molar-refractivity contribution in [2.24, 2.45) is 0 Å². The number of benzene rings is 2. The normalized spacial score (nSPS) is 10.8. The Morgan fingerprint density at radius 3 is 2.24 bits per heavy atom. The van der Waals surface area contributed by atoms with Crippen LogP contribution in [0.15, 0.2) is 54.6 Å². The molecule has 0 fully saturated rings. The third-order valence-corrected chi connectivity index (χ3v) is 3.84. The van der Waals surface area contributed by atoms with Crippen LogP contribution in [0.5, 0.6) is 5.75 Å². The van der Waals surface area contributed by atoms with E-state index in [0.29, 0.717) is 18.0 Å². The number of amides is 1. The van der Waals surface area contributed by atoms with Gasteiger partial charge in [0, 0.05) is 5.69 Å². The van der Waals surface area contributed by atoms with Gasteiger partial charge in [-0.15, -0.1) is 0 Å². The first kappa shape index (κ1) is 18.5. The third-order valence-electron chi connectivity index (χ3n) is 3.84. The molecule has 0 heterocycles. The van der Waals surface area contributed by atoms with Gasteiger partial charge in [0.2, 0.25) is 5.91 Å². The molecule has 5 nitrogen and oxygen atoms in total. The van der Waals surface area contributed by atoms with Gasteiger partial charge >= 0.3 is 5.97 Å². The van der Waals surface area contributed by atoms with Gasteiger partial charge in [0.1, 0.15) is 5.75 Å². The van der Waals surface area contributed by atoms with E-state index in [1.165, 1.54) is 0 Å². The lowest BCUT2D eigenvalue weighted by Crippen LogP contribution is -2.34. The second kappa shape index (κ2) is 8.33. The minimum Gasteiger partial charge on any atom is -0.482 e. The monoisotopic (exact) mass is 341 g/mol. The zero-order valence-electron chi connectivity index (χ0n) is 14.7. The summed E-state index contributed by atoms with van der Waals surface area (Å²) in [5.41, 5.74) is 0.958. The molecule has 0 aliphatic carbocycles. The van der Waals surface area contributed by atoms with Crippen LogP contribution in [-0.2, 0) is 19.7 Å². The molecular weight excluding hydrogens is 318 g/mol. The van der Waals surface area contributed by atoms with Crippen LogP contribution < -0.4 is 10.1 Å². The van der Waals surface area contributed by atoms with Gasteiger partial charge in [-0.05, 0) is 50.6 Å². The Bertz CT molecular complexity index is 708. The zero-order valence-corrected chi connectivity index (χ0v) is 14.7. The van der Waals surface area contributed by atoms with Crippen molar-refractivity contribution in [1.29, 1.82) is 0 Å². The van der Waals surface area contributed by atoms with Crippen molar-refractivity contribution >= 4 is 17.6 Å². The predicted octanol–water partition coefficient (Wildman–Crippen LogP) is 3.54. The first-order valence-corrected chi connectivity index (χ1v) is 8.19. The second-order valence-corrected chi connectivity index (χ2v) is 6.06. The van der Waals surface area contributed by atoms with Crippen LogP contribution in [0.3, 0.4) is 0 Å². The van der Waals surface area contributed by atoms with E-state index in [1.54, 1.807) is 31.2 Å². The van der Waals surface area contributed by atoms with E-state index in [1.807, 2.05) is 44.2 Å². The van der Waals surface area contributed by atoms with Gasteiger partial charge in [-0.25, -0.2) is 4.79 Å². The van der Waals surface area contributed by atoms with Gasteiger partial charge in [-0.2, -0.15) is 0 Å². The molecule has 1 N–H and O–H groups in total. The number of anilines is 1. The van der Waals surface area contributed by atoms with E-state index >= 15 is 0 Å². The number of carbonyl (C=O) groups is 2. The van der Waals surface area contributed by atoms with Crippen molar-refractivity contribution in [1.82, 2.24) is 0 Å². The maximum Gasteiger partial charge on any atom is 0.344 e. The summed E-state index contributed by atoms with van der Waals surface area (Å²) in [4.78, 5) is 23.9. The molecule has 132 valence electrons. The summed E-state index contributed by atoms with van der Waals surface area (Å²) < 4.78 is 10.1. The van der Waals surface area contributed by atoms with Gasteiger partial charge in [-0.3, -0.25) is 4.79 Å². The predicted molar refractivity (Wildman–Crippen MR) is 96.7 cm³/mol. The van der Waals surface area contributed by atoms with Crippen molar-refractivity contribution in [3.8, 4) is 5.75 Å². The molecule has 0 spiro atoms. The maximum atomic E-state index is 12.6. The second-order valence-electron chi connectivity index (χ2n) is 6.06. The maximum absolute atomic E-state index is 12.6. The van der Waals surface area contributed by atoms with Crippen LogP contribution in [0.4, 0.5) is 5.69 Å². The summed E-state index contributed by atoms with van der Waals surface area (Å²) in [6.07, 6.45) is 0. The molecule has 0 radical (unpaired) electrons. The lowest BCUT2D eigenvalue weighted by atomic mass is 9.83. The topological polar surface area (TPSA) is 64.6 Å². The average Bonchev–Trinajstić information content (AvgIpc) is 2.62. The molecule has 0 bridgehead atoms. The Labute approximate surface area is 148 Å².